The van der Waals surface area contributed by atoms with Gasteiger partial charge in [0.1, 0.15) is 10.9 Å². The van der Waals surface area contributed by atoms with Crippen molar-refractivity contribution in [2.45, 2.75) is 45.4 Å². The smallest absolute Gasteiger partial charge is 0.169 e. The molecule has 0 aliphatic rings. The number of hydrogen-bond acceptors (Lipinski definition) is 5. The van der Waals surface area contributed by atoms with Crippen LogP contribution in [0, 0.1) is 11.3 Å². The molecule has 3 nitrogen and oxygen atoms in total. The first-order valence-corrected chi connectivity index (χ1v) is 9.68. The van der Waals surface area contributed by atoms with Gasteiger partial charge in [-0.25, -0.2) is 9.97 Å². The summed E-state index contributed by atoms with van der Waals surface area (Å²) in [5.41, 5.74) is 1.22. The largest absolute Gasteiger partial charge is 0.236 e. The Hall–Kier alpha value is -1.77. The molecule has 0 amide bonds. The molecule has 0 atom stereocenters. The van der Waals surface area contributed by atoms with Crippen LogP contribution in [0.4, 0.5) is 0 Å². The first kappa shape index (κ1) is 16.1. The van der Waals surface area contributed by atoms with Crippen molar-refractivity contribution >= 4 is 32.1 Å². The lowest BCUT2D eigenvalue weighted by Gasteiger charge is -2.02. The fourth-order valence-corrected chi connectivity index (χ4v) is 4.69. The van der Waals surface area contributed by atoms with Gasteiger partial charge in [-0.2, -0.15) is 5.26 Å². The zero-order valence-electron chi connectivity index (χ0n) is 13.2. The van der Waals surface area contributed by atoms with Crippen LogP contribution in [0.5, 0.6) is 0 Å². The van der Waals surface area contributed by atoms with Gasteiger partial charge in [-0.15, -0.1) is 22.7 Å². The van der Waals surface area contributed by atoms with Crippen molar-refractivity contribution in [2.24, 2.45) is 0 Å². The zero-order valence-corrected chi connectivity index (χ0v) is 14.8. The Morgan fingerprint density at radius 2 is 1.74 bits per heavy atom. The standard InChI is InChI=1S/C18H19N3S2/c1-2-3-4-5-6-7-13-11-20-18(21-12-13)17-9-16-15(23-17)8-14(10-19)22-16/h8-9,11-12H,2-7H2,1H3. The number of nitrogens with zero attached hydrogens (tertiary/aromatic N) is 3. The van der Waals surface area contributed by atoms with E-state index in [1.54, 1.807) is 11.3 Å². The van der Waals surface area contributed by atoms with Crippen LogP contribution in [-0.2, 0) is 6.42 Å². The minimum Gasteiger partial charge on any atom is -0.236 e. The summed E-state index contributed by atoms with van der Waals surface area (Å²) in [4.78, 5) is 10.9. The predicted molar refractivity (Wildman–Crippen MR) is 97.9 cm³/mol. The molecule has 0 bridgehead atoms. The van der Waals surface area contributed by atoms with Gasteiger partial charge in [0.05, 0.1) is 4.88 Å². The lowest BCUT2D eigenvalue weighted by molar-refractivity contribution is 0.631. The quantitative estimate of drug-likeness (QED) is 0.510. The van der Waals surface area contributed by atoms with E-state index in [4.69, 9.17) is 5.26 Å². The maximum absolute atomic E-state index is 8.93. The highest BCUT2D eigenvalue weighted by Gasteiger charge is 2.10. The second-order valence-corrected chi connectivity index (χ2v) is 7.81. The van der Waals surface area contributed by atoms with Crippen molar-refractivity contribution in [1.82, 2.24) is 9.97 Å². The molecule has 0 saturated heterocycles. The number of nitriles is 1. The van der Waals surface area contributed by atoms with Crippen LogP contribution in [0.15, 0.2) is 24.5 Å². The third kappa shape index (κ3) is 3.95. The Balaban J connectivity index is 1.63. The van der Waals surface area contributed by atoms with Crippen molar-refractivity contribution in [2.75, 3.05) is 0 Å². The lowest BCUT2D eigenvalue weighted by Crippen LogP contribution is -1.92. The van der Waals surface area contributed by atoms with Crippen LogP contribution < -0.4 is 0 Å². The van der Waals surface area contributed by atoms with Crippen molar-refractivity contribution in [3.05, 3.63) is 35.0 Å². The van der Waals surface area contributed by atoms with E-state index in [-0.39, 0.29) is 0 Å². The van der Waals surface area contributed by atoms with E-state index in [1.807, 2.05) is 18.5 Å². The van der Waals surface area contributed by atoms with Gasteiger partial charge < -0.3 is 0 Å². The lowest BCUT2D eigenvalue weighted by atomic mass is 10.1. The van der Waals surface area contributed by atoms with Crippen LogP contribution in [0.2, 0.25) is 0 Å². The van der Waals surface area contributed by atoms with Crippen LogP contribution in [0.1, 0.15) is 49.5 Å². The summed E-state index contributed by atoms with van der Waals surface area (Å²) in [6.07, 6.45) is 11.4. The molecular formula is C18H19N3S2. The van der Waals surface area contributed by atoms with Crippen LogP contribution in [0.25, 0.3) is 20.1 Å². The fourth-order valence-electron chi connectivity index (χ4n) is 2.54. The van der Waals surface area contributed by atoms with Crippen molar-refractivity contribution in [3.8, 4) is 16.8 Å². The second kappa shape index (κ2) is 7.67. The molecule has 3 rings (SSSR count). The number of fused-ring (bicyclic) bond motifs is 1. The van der Waals surface area contributed by atoms with Crippen molar-refractivity contribution < 1.29 is 0 Å². The van der Waals surface area contributed by atoms with Crippen molar-refractivity contribution in [3.63, 3.8) is 0 Å². The Morgan fingerprint density at radius 1 is 1.00 bits per heavy atom. The summed E-state index contributed by atoms with van der Waals surface area (Å²) in [6.45, 7) is 2.24. The van der Waals surface area contributed by atoms with Crippen LogP contribution >= 0.6 is 22.7 Å². The van der Waals surface area contributed by atoms with Gasteiger partial charge in [0.25, 0.3) is 0 Å². The van der Waals surface area contributed by atoms with Gasteiger partial charge in [-0.05, 0) is 30.5 Å². The fraction of sp³-hybridized carbons (Fsp3) is 0.389. The Labute approximate surface area is 144 Å². The monoisotopic (exact) mass is 341 g/mol. The average Bonchev–Trinajstić information content (AvgIpc) is 3.13. The molecule has 5 heteroatoms. The van der Waals surface area contributed by atoms with E-state index >= 15 is 0 Å². The molecule has 0 aromatic carbocycles. The molecular weight excluding hydrogens is 322 g/mol. The third-order valence-electron chi connectivity index (χ3n) is 3.81. The SMILES string of the molecule is CCCCCCCc1cnc(-c2cc3sc(C#N)cc3s2)nc1. The molecule has 3 aromatic heterocycles. The number of hydrogen-bond donors (Lipinski definition) is 0. The van der Waals surface area contributed by atoms with Crippen LogP contribution in [0.3, 0.4) is 0 Å². The molecule has 0 fully saturated rings. The minimum atomic E-state index is 0.761. The predicted octanol–water partition coefficient (Wildman–Crippen LogP) is 5.80. The van der Waals surface area contributed by atoms with E-state index in [1.165, 1.54) is 49.0 Å². The molecule has 0 aliphatic carbocycles. The summed E-state index contributed by atoms with van der Waals surface area (Å²) in [5.74, 6) is 0.784. The molecule has 0 N–H and O–H groups in total. The highest BCUT2D eigenvalue weighted by Crippen LogP contribution is 2.36. The maximum atomic E-state index is 8.93. The van der Waals surface area contributed by atoms with Crippen molar-refractivity contribution in [1.29, 1.82) is 5.26 Å². The van der Waals surface area contributed by atoms with Gasteiger partial charge >= 0.3 is 0 Å². The highest BCUT2D eigenvalue weighted by atomic mass is 32.1. The first-order valence-electron chi connectivity index (χ1n) is 8.05. The Morgan fingerprint density at radius 3 is 2.43 bits per heavy atom. The molecule has 0 spiro atoms. The molecule has 3 heterocycles. The van der Waals surface area contributed by atoms with Gasteiger partial charge in [-0.3, -0.25) is 0 Å². The van der Waals surface area contributed by atoms with E-state index in [2.05, 4.69) is 29.0 Å². The Kier molecular flexibility index (Phi) is 5.37. The molecule has 0 radical (unpaired) electrons. The number of aromatic nitrogens is 2. The molecule has 0 saturated carbocycles. The maximum Gasteiger partial charge on any atom is 0.169 e. The normalized spacial score (nSPS) is 11.0. The number of unbranched alkanes of at least 4 members (excludes halogenated alkanes) is 4. The van der Waals surface area contributed by atoms with Crippen LogP contribution in [-0.4, -0.2) is 9.97 Å². The van der Waals surface area contributed by atoms with Gasteiger partial charge in [0.2, 0.25) is 0 Å². The molecule has 3 aromatic rings. The van der Waals surface area contributed by atoms with Gasteiger partial charge in [-0.1, -0.05) is 32.6 Å². The zero-order chi connectivity index (χ0) is 16.1. The van der Waals surface area contributed by atoms with Gasteiger partial charge in [0.15, 0.2) is 5.82 Å². The average molecular weight is 342 g/mol. The number of aryl methyl sites for hydroxylation is 1. The van der Waals surface area contributed by atoms with Gasteiger partial charge in [0, 0.05) is 21.8 Å². The number of thiophene rings is 2. The molecule has 0 aliphatic heterocycles. The Bertz CT molecular complexity index is 778. The summed E-state index contributed by atoms with van der Waals surface area (Å²) in [5, 5.41) is 8.93. The first-order chi connectivity index (χ1) is 11.3. The minimum absolute atomic E-state index is 0.761. The van der Waals surface area contributed by atoms with E-state index in [0.717, 1.165) is 31.4 Å². The summed E-state index contributed by atoms with van der Waals surface area (Å²) >= 11 is 3.18. The molecule has 23 heavy (non-hydrogen) atoms. The van der Waals surface area contributed by atoms with E-state index in [0.29, 0.717) is 0 Å². The summed E-state index contributed by atoms with van der Waals surface area (Å²) in [7, 11) is 0. The van der Waals surface area contributed by atoms with E-state index in [9.17, 15) is 0 Å². The summed E-state index contributed by atoms with van der Waals surface area (Å²) in [6, 6.07) is 6.23. The topological polar surface area (TPSA) is 49.6 Å². The molecule has 118 valence electrons. The number of rotatable bonds is 7. The second-order valence-electron chi connectivity index (χ2n) is 5.64. The summed E-state index contributed by atoms with van der Waals surface area (Å²) < 4.78 is 2.29. The highest BCUT2D eigenvalue weighted by molar-refractivity contribution is 7.29. The molecule has 0 unspecified atom stereocenters. The third-order valence-corrected chi connectivity index (χ3v) is 6.01. The van der Waals surface area contributed by atoms with E-state index < -0.39 is 0 Å².